The Bertz CT molecular complexity index is 786. The molecule has 1 N–H and O–H groups in total. The van der Waals surface area contributed by atoms with Crippen molar-refractivity contribution in [1.29, 1.82) is 0 Å². The van der Waals surface area contributed by atoms with Crippen LogP contribution in [-0.4, -0.2) is 25.5 Å². The lowest BCUT2D eigenvalue weighted by molar-refractivity contribution is -0.134. The van der Waals surface area contributed by atoms with Crippen LogP contribution in [0.15, 0.2) is 42.5 Å². The van der Waals surface area contributed by atoms with Crippen molar-refractivity contribution in [2.24, 2.45) is 0 Å². The van der Waals surface area contributed by atoms with E-state index in [2.05, 4.69) is 5.32 Å². The first-order chi connectivity index (χ1) is 11.6. The normalized spacial score (nSPS) is 12.8. The van der Waals surface area contributed by atoms with E-state index in [0.717, 1.165) is 28.8 Å². The van der Waals surface area contributed by atoms with Gasteiger partial charge in [0.15, 0.2) is 0 Å². The minimum absolute atomic E-state index is 0.455. The quantitative estimate of drug-likeness (QED) is 0.883. The summed E-state index contributed by atoms with van der Waals surface area (Å²) in [7, 11) is 1.61. The minimum atomic E-state index is -0.626. The average molecular weight is 324 g/mol. The molecule has 0 unspecified atom stereocenters. The third-order valence-corrected chi connectivity index (χ3v) is 4.20. The summed E-state index contributed by atoms with van der Waals surface area (Å²) in [5, 5.41) is 2.68. The molecule has 124 valence electrons. The molecule has 2 aromatic carbocycles. The van der Waals surface area contributed by atoms with Crippen LogP contribution in [0.1, 0.15) is 16.7 Å². The number of rotatable bonds is 3. The molecule has 0 aromatic heterocycles. The van der Waals surface area contributed by atoms with E-state index in [1.54, 1.807) is 24.1 Å². The lowest BCUT2D eigenvalue weighted by atomic mass is 10.1. The molecule has 0 atom stereocenters. The van der Waals surface area contributed by atoms with Crippen molar-refractivity contribution in [3.05, 3.63) is 59.2 Å². The van der Waals surface area contributed by atoms with E-state index in [9.17, 15) is 9.59 Å². The number of nitrogens with zero attached hydrogens (tertiary/aromatic N) is 1. The molecule has 0 aliphatic carbocycles. The minimum Gasteiger partial charge on any atom is -0.380 e. The van der Waals surface area contributed by atoms with Gasteiger partial charge >= 0.3 is 11.8 Å². The Hall–Kier alpha value is -2.66. The predicted molar refractivity (Wildman–Crippen MR) is 93.0 cm³/mol. The van der Waals surface area contributed by atoms with E-state index in [-0.39, 0.29) is 0 Å². The number of amides is 2. The van der Waals surface area contributed by atoms with E-state index in [0.29, 0.717) is 18.8 Å². The van der Waals surface area contributed by atoms with Gasteiger partial charge in [0, 0.05) is 25.0 Å². The molecule has 0 spiro atoms. The zero-order valence-corrected chi connectivity index (χ0v) is 13.8. The topological polar surface area (TPSA) is 58.6 Å². The summed E-state index contributed by atoms with van der Waals surface area (Å²) in [6.07, 6.45) is 0.782. The van der Waals surface area contributed by atoms with Crippen molar-refractivity contribution in [2.45, 2.75) is 20.0 Å². The first-order valence-corrected chi connectivity index (χ1v) is 7.89. The molecule has 0 bridgehead atoms. The first kappa shape index (κ1) is 16.2. The van der Waals surface area contributed by atoms with Gasteiger partial charge in [-0.1, -0.05) is 24.3 Å². The third-order valence-electron chi connectivity index (χ3n) is 4.20. The van der Waals surface area contributed by atoms with Gasteiger partial charge in [-0.2, -0.15) is 0 Å². The third kappa shape index (κ3) is 3.16. The van der Waals surface area contributed by atoms with Gasteiger partial charge in [0.2, 0.25) is 0 Å². The number of hydrogen-bond donors (Lipinski definition) is 1. The number of ether oxygens (including phenoxy) is 1. The second-order valence-corrected chi connectivity index (χ2v) is 5.87. The number of carbonyl (C=O) groups is 2. The molecule has 24 heavy (non-hydrogen) atoms. The molecule has 0 fully saturated rings. The Balaban J connectivity index is 1.74. The number of benzene rings is 2. The fraction of sp³-hybridized carbons (Fsp3) is 0.263. The Morgan fingerprint density at radius 1 is 1.21 bits per heavy atom. The van der Waals surface area contributed by atoms with Crippen LogP contribution in [0.5, 0.6) is 0 Å². The van der Waals surface area contributed by atoms with Crippen molar-refractivity contribution in [2.75, 3.05) is 23.9 Å². The Morgan fingerprint density at radius 2 is 2.00 bits per heavy atom. The van der Waals surface area contributed by atoms with E-state index >= 15 is 0 Å². The summed E-state index contributed by atoms with van der Waals surface area (Å²) in [6, 6.07) is 13.1. The predicted octanol–water partition coefficient (Wildman–Crippen LogP) is 2.67. The zero-order valence-electron chi connectivity index (χ0n) is 13.8. The van der Waals surface area contributed by atoms with Gasteiger partial charge in [-0.05, 0) is 48.2 Å². The molecular formula is C19H20N2O3. The number of methoxy groups -OCH3 is 1. The fourth-order valence-electron chi connectivity index (χ4n) is 3.03. The highest BCUT2D eigenvalue weighted by Crippen LogP contribution is 2.30. The van der Waals surface area contributed by atoms with Gasteiger partial charge in [0.1, 0.15) is 0 Å². The lowest BCUT2D eigenvalue weighted by Crippen LogP contribution is -2.38. The Morgan fingerprint density at radius 3 is 2.79 bits per heavy atom. The number of carbonyl (C=O) groups excluding carboxylic acids is 2. The van der Waals surface area contributed by atoms with Crippen molar-refractivity contribution >= 4 is 23.2 Å². The van der Waals surface area contributed by atoms with Crippen molar-refractivity contribution in [3.63, 3.8) is 0 Å². The molecule has 3 rings (SSSR count). The number of hydrogen-bond acceptors (Lipinski definition) is 3. The summed E-state index contributed by atoms with van der Waals surface area (Å²) in [4.78, 5) is 26.4. The van der Waals surface area contributed by atoms with Crippen LogP contribution in [0.4, 0.5) is 11.4 Å². The number of nitrogens with one attached hydrogen (secondary N) is 1. The second kappa shape index (κ2) is 6.84. The summed E-state index contributed by atoms with van der Waals surface area (Å²) in [5.41, 5.74) is 4.65. The largest absolute Gasteiger partial charge is 0.380 e. The molecule has 0 saturated carbocycles. The molecule has 5 heteroatoms. The van der Waals surface area contributed by atoms with Gasteiger partial charge in [-0.3, -0.25) is 9.59 Å². The van der Waals surface area contributed by atoms with Gasteiger partial charge in [0.05, 0.1) is 6.61 Å². The molecule has 2 aromatic rings. The highest BCUT2D eigenvalue weighted by atomic mass is 16.5. The number of fused-ring (bicyclic) bond motifs is 1. The van der Waals surface area contributed by atoms with Gasteiger partial charge < -0.3 is 15.0 Å². The Kier molecular flexibility index (Phi) is 4.62. The summed E-state index contributed by atoms with van der Waals surface area (Å²) >= 11 is 0. The lowest BCUT2D eigenvalue weighted by Gasteiger charge is -2.17. The van der Waals surface area contributed by atoms with E-state index < -0.39 is 11.8 Å². The summed E-state index contributed by atoms with van der Waals surface area (Å²) in [6.45, 7) is 3.01. The standard InChI is InChI=1S/C19H20N2O3/c1-13-5-3-8-17-16(13)9-10-21(17)19(23)18(22)20-15-7-4-6-14(11-15)12-24-2/h3-8,11H,9-10,12H2,1-2H3,(H,20,22). The Labute approximate surface area is 141 Å². The zero-order chi connectivity index (χ0) is 17.1. The SMILES string of the molecule is COCc1cccc(NC(=O)C(=O)N2CCc3c(C)cccc32)c1. The maximum absolute atomic E-state index is 12.5. The molecule has 0 saturated heterocycles. The highest BCUT2D eigenvalue weighted by Gasteiger charge is 2.29. The molecule has 0 radical (unpaired) electrons. The van der Waals surface area contributed by atoms with Crippen LogP contribution in [0.25, 0.3) is 0 Å². The van der Waals surface area contributed by atoms with Crippen molar-refractivity contribution < 1.29 is 14.3 Å². The molecule has 2 amide bonds. The maximum Gasteiger partial charge on any atom is 0.316 e. The average Bonchev–Trinajstić information content (AvgIpc) is 3.00. The van der Waals surface area contributed by atoms with Crippen LogP contribution in [0.3, 0.4) is 0 Å². The van der Waals surface area contributed by atoms with Crippen LogP contribution in [-0.2, 0) is 27.4 Å². The van der Waals surface area contributed by atoms with Gasteiger partial charge in [-0.15, -0.1) is 0 Å². The molecular weight excluding hydrogens is 304 g/mol. The van der Waals surface area contributed by atoms with Crippen molar-refractivity contribution in [1.82, 2.24) is 0 Å². The number of anilines is 2. The van der Waals surface area contributed by atoms with Crippen LogP contribution in [0.2, 0.25) is 0 Å². The first-order valence-electron chi connectivity index (χ1n) is 7.89. The van der Waals surface area contributed by atoms with Gasteiger partial charge in [0.25, 0.3) is 0 Å². The molecule has 1 aliphatic heterocycles. The molecule has 1 heterocycles. The van der Waals surface area contributed by atoms with E-state index in [1.807, 2.05) is 37.3 Å². The molecule has 5 nitrogen and oxygen atoms in total. The molecule has 1 aliphatic rings. The van der Waals surface area contributed by atoms with E-state index in [1.165, 1.54) is 0 Å². The van der Waals surface area contributed by atoms with Gasteiger partial charge in [-0.25, -0.2) is 0 Å². The second-order valence-electron chi connectivity index (χ2n) is 5.87. The van der Waals surface area contributed by atoms with E-state index in [4.69, 9.17) is 4.74 Å². The monoisotopic (exact) mass is 324 g/mol. The van der Waals surface area contributed by atoms with Crippen LogP contribution >= 0.6 is 0 Å². The number of aryl methyl sites for hydroxylation is 1. The fourth-order valence-corrected chi connectivity index (χ4v) is 3.03. The summed E-state index contributed by atoms with van der Waals surface area (Å²) < 4.78 is 5.08. The summed E-state index contributed by atoms with van der Waals surface area (Å²) in [5.74, 6) is -1.16. The van der Waals surface area contributed by atoms with Crippen LogP contribution < -0.4 is 10.2 Å². The smallest absolute Gasteiger partial charge is 0.316 e. The van der Waals surface area contributed by atoms with Crippen LogP contribution in [0, 0.1) is 6.92 Å². The maximum atomic E-state index is 12.5. The van der Waals surface area contributed by atoms with Crippen molar-refractivity contribution in [3.8, 4) is 0 Å². The highest BCUT2D eigenvalue weighted by molar-refractivity contribution is 6.44.